The third kappa shape index (κ3) is 3.47. The van der Waals surface area contributed by atoms with Crippen molar-refractivity contribution in [2.24, 2.45) is 0 Å². The highest BCUT2D eigenvalue weighted by Gasteiger charge is 2.30. The smallest absolute Gasteiger partial charge is 0.335 e. The number of nitro benzene ring substituents is 1. The molecular weight excluding hydrogens is 280 g/mol. The number of likely N-dealkylation sites (N-methyl/N-ethyl adjacent to an activating group) is 1. The van der Waals surface area contributed by atoms with E-state index in [0.717, 1.165) is 31.0 Å². The highest BCUT2D eigenvalue weighted by atomic mass is 16.6. The Balaban J connectivity index is 2.12. The first-order valence-corrected chi connectivity index (χ1v) is 6.30. The third-order valence-corrected chi connectivity index (χ3v) is 3.24. The molecule has 8 heteroatoms. The van der Waals surface area contributed by atoms with E-state index < -0.39 is 10.9 Å². The van der Waals surface area contributed by atoms with Gasteiger partial charge in [0.25, 0.3) is 5.91 Å². The zero-order chi connectivity index (χ0) is 15.6. The molecule has 1 amide bonds. The van der Waals surface area contributed by atoms with Gasteiger partial charge in [-0.3, -0.25) is 14.9 Å². The van der Waals surface area contributed by atoms with E-state index in [1.54, 1.807) is 7.05 Å². The lowest BCUT2D eigenvalue weighted by Gasteiger charge is -2.16. The Labute approximate surface area is 120 Å². The summed E-state index contributed by atoms with van der Waals surface area (Å²) < 4.78 is 5.15. The Hall–Kier alpha value is -2.64. The van der Waals surface area contributed by atoms with Crippen molar-refractivity contribution in [3.05, 3.63) is 33.9 Å². The second-order valence-corrected chi connectivity index (χ2v) is 4.77. The molecule has 2 rings (SSSR count). The summed E-state index contributed by atoms with van der Waals surface area (Å²) in [6.07, 6.45) is 1.88. The summed E-state index contributed by atoms with van der Waals surface area (Å²) in [6, 6.07) is 3.42. The molecule has 0 atom stereocenters. The average molecular weight is 294 g/mol. The largest absolute Gasteiger partial charge is 0.478 e. The van der Waals surface area contributed by atoms with Crippen LogP contribution in [0.3, 0.4) is 0 Å². The number of rotatable bonds is 6. The summed E-state index contributed by atoms with van der Waals surface area (Å²) in [6.45, 7) is -0.364. The Bertz CT molecular complexity index is 596. The fourth-order valence-corrected chi connectivity index (χ4v) is 1.82. The Morgan fingerprint density at radius 2 is 2.14 bits per heavy atom. The summed E-state index contributed by atoms with van der Waals surface area (Å²) in [5.41, 5.74) is -0.513. The summed E-state index contributed by atoms with van der Waals surface area (Å²) in [5.74, 6) is -1.75. The number of carbonyl (C=O) groups excluding carboxylic acids is 1. The minimum Gasteiger partial charge on any atom is -0.478 e. The molecule has 1 aromatic carbocycles. The fraction of sp³-hybridized carbons (Fsp3) is 0.385. The summed E-state index contributed by atoms with van der Waals surface area (Å²) in [7, 11) is 1.64. The quantitative estimate of drug-likeness (QED) is 0.625. The zero-order valence-electron chi connectivity index (χ0n) is 11.3. The molecule has 1 N–H and O–H groups in total. The van der Waals surface area contributed by atoms with Crippen LogP contribution in [-0.4, -0.2) is 46.5 Å². The number of carboxylic acid groups (broad SMARTS) is 1. The highest BCUT2D eigenvalue weighted by Crippen LogP contribution is 2.29. The molecule has 1 saturated carbocycles. The number of benzene rings is 1. The molecule has 0 aliphatic heterocycles. The maximum atomic E-state index is 11.8. The van der Waals surface area contributed by atoms with Gasteiger partial charge in [0.05, 0.1) is 10.5 Å². The lowest BCUT2D eigenvalue weighted by atomic mass is 10.2. The highest BCUT2D eigenvalue weighted by molar-refractivity contribution is 5.88. The van der Waals surface area contributed by atoms with Gasteiger partial charge in [-0.2, -0.15) is 0 Å². The molecule has 1 fully saturated rings. The van der Waals surface area contributed by atoms with Crippen molar-refractivity contribution in [2.45, 2.75) is 18.9 Å². The standard InChI is InChI=1S/C13H14N2O6/c1-14(9-3-4-9)12(16)7-21-11-6-8(13(17)18)2-5-10(11)15(19)20/h2,5-6,9H,3-4,7H2,1H3,(H,17,18). The molecule has 0 unspecified atom stereocenters. The van der Waals surface area contributed by atoms with Gasteiger partial charge in [-0.15, -0.1) is 0 Å². The number of carboxylic acids is 1. The van der Waals surface area contributed by atoms with Crippen LogP contribution in [-0.2, 0) is 4.79 Å². The second kappa shape index (κ2) is 5.78. The summed E-state index contributed by atoms with van der Waals surface area (Å²) in [4.78, 5) is 34.4. The van der Waals surface area contributed by atoms with E-state index in [-0.39, 0.29) is 35.6 Å². The molecule has 1 aliphatic rings. The molecule has 0 bridgehead atoms. The number of aromatic carboxylic acids is 1. The van der Waals surface area contributed by atoms with Crippen LogP contribution in [0.4, 0.5) is 5.69 Å². The Kier molecular flexibility index (Phi) is 4.06. The SMILES string of the molecule is CN(C(=O)COc1cc(C(=O)O)ccc1[N+](=O)[O-])C1CC1. The van der Waals surface area contributed by atoms with E-state index >= 15 is 0 Å². The molecule has 1 aromatic rings. The maximum absolute atomic E-state index is 11.8. The third-order valence-electron chi connectivity index (χ3n) is 3.24. The molecule has 0 heterocycles. The van der Waals surface area contributed by atoms with Crippen LogP contribution in [0, 0.1) is 10.1 Å². The van der Waals surface area contributed by atoms with E-state index in [1.165, 1.54) is 4.90 Å². The van der Waals surface area contributed by atoms with Gasteiger partial charge in [0.1, 0.15) is 0 Å². The van der Waals surface area contributed by atoms with Crippen LogP contribution in [0.2, 0.25) is 0 Å². The monoisotopic (exact) mass is 294 g/mol. The van der Waals surface area contributed by atoms with Gasteiger partial charge in [0, 0.05) is 25.2 Å². The molecule has 0 radical (unpaired) electrons. The van der Waals surface area contributed by atoms with Crippen LogP contribution in [0.15, 0.2) is 18.2 Å². The molecule has 8 nitrogen and oxygen atoms in total. The van der Waals surface area contributed by atoms with Crippen LogP contribution in [0.1, 0.15) is 23.2 Å². The summed E-state index contributed by atoms with van der Waals surface area (Å²) >= 11 is 0. The van der Waals surface area contributed by atoms with Crippen molar-refractivity contribution in [1.29, 1.82) is 0 Å². The van der Waals surface area contributed by atoms with E-state index in [4.69, 9.17) is 9.84 Å². The van der Waals surface area contributed by atoms with E-state index in [2.05, 4.69) is 0 Å². The minimum absolute atomic E-state index is 0.140. The number of ether oxygens (including phenoxy) is 1. The molecule has 0 spiro atoms. The van der Waals surface area contributed by atoms with Crippen LogP contribution in [0.25, 0.3) is 0 Å². The first-order valence-electron chi connectivity index (χ1n) is 6.30. The first kappa shape index (κ1) is 14.8. The van der Waals surface area contributed by atoms with Crippen molar-refractivity contribution in [2.75, 3.05) is 13.7 Å². The van der Waals surface area contributed by atoms with E-state index in [1.807, 2.05) is 0 Å². The average Bonchev–Trinajstić information content (AvgIpc) is 3.27. The fourth-order valence-electron chi connectivity index (χ4n) is 1.82. The zero-order valence-corrected chi connectivity index (χ0v) is 11.3. The van der Waals surface area contributed by atoms with Gasteiger partial charge in [-0.05, 0) is 18.9 Å². The van der Waals surface area contributed by atoms with Crippen LogP contribution in [0.5, 0.6) is 5.75 Å². The van der Waals surface area contributed by atoms with Crippen molar-refractivity contribution in [3.8, 4) is 5.75 Å². The van der Waals surface area contributed by atoms with Crippen LogP contribution < -0.4 is 4.74 Å². The molecule has 21 heavy (non-hydrogen) atoms. The van der Waals surface area contributed by atoms with Crippen molar-refractivity contribution >= 4 is 17.6 Å². The molecule has 1 aliphatic carbocycles. The normalized spacial score (nSPS) is 13.6. The van der Waals surface area contributed by atoms with Crippen molar-refractivity contribution in [1.82, 2.24) is 4.90 Å². The van der Waals surface area contributed by atoms with Gasteiger partial charge in [0.15, 0.2) is 12.4 Å². The number of nitro groups is 1. The predicted octanol–water partition coefficient (Wildman–Crippen LogP) is 1.29. The lowest BCUT2D eigenvalue weighted by molar-refractivity contribution is -0.385. The number of amides is 1. The Morgan fingerprint density at radius 3 is 2.67 bits per heavy atom. The predicted molar refractivity (Wildman–Crippen MR) is 71.3 cm³/mol. The minimum atomic E-state index is -1.23. The first-order chi connectivity index (χ1) is 9.90. The molecule has 0 saturated heterocycles. The summed E-state index contributed by atoms with van der Waals surface area (Å²) in [5, 5.41) is 19.8. The van der Waals surface area contributed by atoms with Crippen molar-refractivity contribution in [3.63, 3.8) is 0 Å². The van der Waals surface area contributed by atoms with Gasteiger partial charge < -0.3 is 14.7 Å². The number of hydrogen-bond donors (Lipinski definition) is 1. The number of carbonyl (C=O) groups is 2. The number of nitrogens with zero attached hydrogens (tertiary/aromatic N) is 2. The van der Waals surface area contributed by atoms with E-state index in [9.17, 15) is 19.7 Å². The van der Waals surface area contributed by atoms with E-state index in [0.29, 0.717) is 0 Å². The van der Waals surface area contributed by atoms with Crippen LogP contribution >= 0.6 is 0 Å². The topological polar surface area (TPSA) is 110 Å². The molecular formula is C13H14N2O6. The molecule has 112 valence electrons. The van der Waals surface area contributed by atoms with Gasteiger partial charge in [-0.25, -0.2) is 4.79 Å². The van der Waals surface area contributed by atoms with Crippen molar-refractivity contribution < 1.29 is 24.4 Å². The molecule has 0 aromatic heterocycles. The van der Waals surface area contributed by atoms with Gasteiger partial charge in [-0.1, -0.05) is 0 Å². The Morgan fingerprint density at radius 1 is 1.48 bits per heavy atom. The lowest BCUT2D eigenvalue weighted by Crippen LogP contribution is -2.33. The maximum Gasteiger partial charge on any atom is 0.335 e. The second-order valence-electron chi connectivity index (χ2n) is 4.77. The number of hydrogen-bond acceptors (Lipinski definition) is 5. The van der Waals surface area contributed by atoms with Gasteiger partial charge >= 0.3 is 11.7 Å². The van der Waals surface area contributed by atoms with Gasteiger partial charge in [0.2, 0.25) is 0 Å².